The summed E-state index contributed by atoms with van der Waals surface area (Å²) >= 11 is 1.80. The van der Waals surface area contributed by atoms with E-state index < -0.39 is 0 Å². The molecule has 0 spiro atoms. The highest BCUT2D eigenvalue weighted by molar-refractivity contribution is 7.10. The van der Waals surface area contributed by atoms with Crippen LogP contribution in [-0.4, -0.2) is 0 Å². The van der Waals surface area contributed by atoms with Crippen LogP contribution < -0.4 is 0 Å². The van der Waals surface area contributed by atoms with E-state index in [0.29, 0.717) is 11.8 Å². The topological polar surface area (TPSA) is 23.8 Å². The van der Waals surface area contributed by atoms with Crippen molar-refractivity contribution in [1.82, 2.24) is 0 Å². The predicted octanol–water partition coefficient (Wildman–Crippen LogP) is 3.97. The predicted molar refractivity (Wildman–Crippen MR) is 68.7 cm³/mol. The third-order valence-electron chi connectivity index (χ3n) is 5.54. The molecule has 0 aromatic carbocycles. The molecule has 0 unspecified atom stereocenters. The van der Waals surface area contributed by atoms with Crippen LogP contribution in [0.5, 0.6) is 0 Å². The lowest BCUT2D eigenvalue weighted by Crippen LogP contribution is -2.54. The van der Waals surface area contributed by atoms with Gasteiger partial charge in [0.1, 0.15) is 0 Å². The van der Waals surface area contributed by atoms with Gasteiger partial charge in [0.2, 0.25) is 0 Å². The fourth-order valence-corrected chi connectivity index (χ4v) is 6.12. The molecule has 0 atom stereocenters. The van der Waals surface area contributed by atoms with Crippen molar-refractivity contribution in [1.29, 1.82) is 5.26 Å². The highest BCUT2D eigenvalue weighted by Crippen LogP contribution is 2.63. The lowest BCUT2D eigenvalue weighted by Gasteiger charge is -2.58. The number of rotatable bonds is 1. The molecule has 4 aliphatic carbocycles. The van der Waals surface area contributed by atoms with Gasteiger partial charge >= 0.3 is 0 Å². The Balaban J connectivity index is 1.84. The van der Waals surface area contributed by atoms with Crippen molar-refractivity contribution < 1.29 is 0 Å². The van der Waals surface area contributed by atoms with Crippen molar-refractivity contribution in [3.8, 4) is 6.07 Å². The number of nitrogens with zero attached hydrogens (tertiary/aromatic N) is 1. The van der Waals surface area contributed by atoms with Crippen LogP contribution in [0.1, 0.15) is 37.0 Å². The number of hydrogen-bond acceptors (Lipinski definition) is 2. The summed E-state index contributed by atoms with van der Waals surface area (Å²) in [5, 5.41) is 12.0. The van der Waals surface area contributed by atoms with Crippen LogP contribution in [0.2, 0.25) is 0 Å². The standard InChI is InChI=1S/C15H17NS/c16-9-15(14-2-1-3-17-14)12-5-10-4-11(7-12)8-13(15)6-10/h1-3,10-13H,4-8H2. The average Bonchev–Trinajstić information content (AvgIpc) is 2.83. The minimum Gasteiger partial charge on any atom is -0.197 e. The van der Waals surface area contributed by atoms with E-state index >= 15 is 0 Å². The molecule has 1 aromatic rings. The van der Waals surface area contributed by atoms with Crippen molar-refractivity contribution in [2.45, 2.75) is 37.5 Å². The normalized spacial score (nSPS) is 47.0. The van der Waals surface area contributed by atoms with Gasteiger partial charge in [-0.15, -0.1) is 11.3 Å². The van der Waals surface area contributed by atoms with Gasteiger partial charge in [-0.2, -0.15) is 5.26 Å². The van der Waals surface area contributed by atoms with E-state index in [1.165, 1.54) is 37.0 Å². The van der Waals surface area contributed by atoms with Crippen LogP contribution in [0, 0.1) is 35.0 Å². The van der Waals surface area contributed by atoms with Gasteiger partial charge in [-0.25, -0.2) is 0 Å². The Bertz CT molecular complexity index is 440. The fraction of sp³-hybridized carbons (Fsp3) is 0.667. The lowest BCUT2D eigenvalue weighted by molar-refractivity contribution is -0.0333. The van der Waals surface area contributed by atoms with Gasteiger partial charge in [-0.3, -0.25) is 0 Å². The van der Waals surface area contributed by atoms with E-state index in [2.05, 4.69) is 23.6 Å². The molecule has 1 heterocycles. The van der Waals surface area contributed by atoms with Gasteiger partial charge in [0.15, 0.2) is 0 Å². The molecule has 0 aliphatic heterocycles. The van der Waals surface area contributed by atoms with Crippen LogP contribution in [0.3, 0.4) is 0 Å². The van der Waals surface area contributed by atoms with Crippen LogP contribution in [-0.2, 0) is 5.41 Å². The maximum absolute atomic E-state index is 9.88. The van der Waals surface area contributed by atoms with E-state index in [9.17, 15) is 5.26 Å². The second-order valence-corrected chi connectivity index (χ2v) is 7.21. The molecule has 0 N–H and O–H groups in total. The summed E-state index contributed by atoms with van der Waals surface area (Å²) in [6.45, 7) is 0. The molecule has 0 saturated heterocycles. The quantitative estimate of drug-likeness (QED) is 0.732. The smallest absolute Gasteiger partial charge is 0.0970 e. The molecule has 2 heteroatoms. The Morgan fingerprint density at radius 2 is 1.76 bits per heavy atom. The van der Waals surface area contributed by atoms with Gasteiger partial charge in [-0.05, 0) is 67.2 Å². The SMILES string of the molecule is N#CC1(c2cccs2)C2CC3CC(C2)CC1C3. The molecule has 1 aromatic heterocycles. The van der Waals surface area contributed by atoms with Crippen LogP contribution in [0.4, 0.5) is 0 Å². The third kappa shape index (κ3) is 1.19. The Morgan fingerprint density at radius 3 is 2.24 bits per heavy atom. The maximum Gasteiger partial charge on any atom is 0.0970 e. The second-order valence-electron chi connectivity index (χ2n) is 6.26. The van der Waals surface area contributed by atoms with E-state index in [0.717, 1.165) is 11.8 Å². The molecule has 0 radical (unpaired) electrons. The Morgan fingerprint density at radius 1 is 1.12 bits per heavy atom. The van der Waals surface area contributed by atoms with Gasteiger partial charge in [0, 0.05) is 4.88 Å². The largest absolute Gasteiger partial charge is 0.197 e. The number of thiophene rings is 1. The second kappa shape index (κ2) is 3.36. The first-order valence-electron chi connectivity index (χ1n) is 6.78. The van der Waals surface area contributed by atoms with Crippen molar-refractivity contribution in [2.75, 3.05) is 0 Å². The lowest BCUT2D eigenvalue weighted by atomic mass is 9.45. The molecule has 5 rings (SSSR count). The number of nitriles is 1. The maximum atomic E-state index is 9.88. The molecule has 4 aliphatic rings. The van der Waals surface area contributed by atoms with E-state index in [1.54, 1.807) is 11.3 Å². The molecule has 17 heavy (non-hydrogen) atoms. The minimum atomic E-state index is -0.110. The summed E-state index contributed by atoms with van der Waals surface area (Å²) < 4.78 is 0. The summed E-state index contributed by atoms with van der Waals surface area (Å²) in [7, 11) is 0. The van der Waals surface area contributed by atoms with Gasteiger partial charge in [0.25, 0.3) is 0 Å². The van der Waals surface area contributed by atoms with Crippen molar-refractivity contribution in [3.05, 3.63) is 22.4 Å². The summed E-state index contributed by atoms with van der Waals surface area (Å²) in [6.07, 6.45) is 6.73. The van der Waals surface area contributed by atoms with Crippen LogP contribution in [0.25, 0.3) is 0 Å². The zero-order chi connectivity index (χ0) is 11.5. The summed E-state index contributed by atoms with van der Waals surface area (Å²) in [5.74, 6) is 3.20. The minimum absolute atomic E-state index is 0.110. The molecule has 1 nitrogen and oxygen atoms in total. The Labute approximate surface area is 106 Å². The van der Waals surface area contributed by atoms with Crippen molar-refractivity contribution in [3.63, 3.8) is 0 Å². The average molecular weight is 243 g/mol. The monoisotopic (exact) mass is 243 g/mol. The molecular weight excluding hydrogens is 226 g/mol. The highest BCUT2D eigenvalue weighted by atomic mass is 32.1. The van der Waals surface area contributed by atoms with Gasteiger partial charge in [0.05, 0.1) is 11.5 Å². The zero-order valence-electron chi connectivity index (χ0n) is 9.93. The third-order valence-corrected chi connectivity index (χ3v) is 6.56. The zero-order valence-corrected chi connectivity index (χ0v) is 10.7. The highest BCUT2D eigenvalue weighted by Gasteiger charge is 2.58. The summed E-state index contributed by atoms with van der Waals surface area (Å²) in [6, 6.07) is 7.09. The Hall–Kier alpha value is -0.810. The number of hydrogen-bond donors (Lipinski definition) is 0. The van der Waals surface area contributed by atoms with E-state index in [-0.39, 0.29) is 5.41 Å². The summed E-state index contributed by atoms with van der Waals surface area (Å²) in [5.41, 5.74) is -0.110. The first kappa shape index (κ1) is 10.1. The fourth-order valence-electron chi connectivity index (χ4n) is 5.08. The molecule has 0 amide bonds. The Kier molecular flexibility index (Phi) is 2.00. The first-order valence-corrected chi connectivity index (χ1v) is 7.66. The van der Waals surface area contributed by atoms with E-state index in [1.807, 2.05) is 0 Å². The van der Waals surface area contributed by atoms with Crippen LogP contribution in [0.15, 0.2) is 17.5 Å². The summed E-state index contributed by atoms with van der Waals surface area (Å²) in [4.78, 5) is 1.36. The van der Waals surface area contributed by atoms with E-state index in [4.69, 9.17) is 0 Å². The molecule has 4 bridgehead atoms. The molecule has 88 valence electrons. The van der Waals surface area contributed by atoms with Crippen LogP contribution >= 0.6 is 11.3 Å². The molecule has 4 fully saturated rings. The van der Waals surface area contributed by atoms with Crippen molar-refractivity contribution in [2.24, 2.45) is 23.7 Å². The first-order chi connectivity index (χ1) is 8.33. The van der Waals surface area contributed by atoms with Gasteiger partial charge in [-0.1, -0.05) is 6.07 Å². The van der Waals surface area contributed by atoms with Crippen molar-refractivity contribution >= 4 is 11.3 Å². The molecular formula is C15H17NS. The van der Waals surface area contributed by atoms with Gasteiger partial charge < -0.3 is 0 Å². The molecule has 4 saturated carbocycles.